The molecule has 4 aromatic rings. The lowest BCUT2D eigenvalue weighted by Gasteiger charge is -2.07. The number of carbonyl (C=O) groups excluding carboxylic acids is 3. The van der Waals surface area contributed by atoms with Crippen molar-refractivity contribution in [2.24, 2.45) is 0 Å². The fourth-order valence-electron chi connectivity index (χ4n) is 3.20. The highest BCUT2D eigenvalue weighted by atomic mass is 16.2. The minimum Gasteiger partial charge on any atom is -0.368 e. The molecule has 0 bridgehead atoms. The Balaban J connectivity index is 1.28. The molecule has 0 atom stereocenters. The first-order chi connectivity index (χ1) is 16.5. The highest BCUT2D eigenvalue weighted by molar-refractivity contribution is 6.03. The standard InChI is InChI=1S/C23H22N8O3/c24-23-27-9-8-19(29-23)22(34)28-17-6-7-18-16(12-17)13-31(30-18)14-20(32)25-10-11-26-21(33)15-4-2-1-3-5-15/h1-9,12-13H,10-11,14H2,(H,25,32)(H,26,33)(H,28,34)(H2,24,27,29). The third kappa shape index (κ3) is 5.71. The van der Waals surface area contributed by atoms with Gasteiger partial charge >= 0.3 is 0 Å². The maximum atomic E-state index is 12.3. The van der Waals surface area contributed by atoms with Gasteiger partial charge in [-0.3, -0.25) is 19.1 Å². The SMILES string of the molecule is Nc1nccc(C(=O)Nc2ccc3nn(CC(=O)NCCNC(=O)c4ccccc4)cc3c2)n1. The maximum absolute atomic E-state index is 12.3. The van der Waals surface area contributed by atoms with E-state index in [1.165, 1.54) is 16.9 Å². The van der Waals surface area contributed by atoms with E-state index in [1.54, 1.807) is 48.7 Å². The van der Waals surface area contributed by atoms with E-state index in [1.807, 2.05) is 6.07 Å². The number of anilines is 2. The van der Waals surface area contributed by atoms with Gasteiger partial charge in [-0.2, -0.15) is 5.10 Å². The average Bonchev–Trinajstić information content (AvgIpc) is 3.23. The highest BCUT2D eigenvalue weighted by Crippen LogP contribution is 2.18. The van der Waals surface area contributed by atoms with Crippen LogP contribution in [0.25, 0.3) is 10.9 Å². The van der Waals surface area contributed by atoms with Gasteiger partial charge in [0, 0.05) is 42.1 Å². The molecule has 2 aromatic heterocycles. The Morgan fingerprint density at radius 2 is 1.74 bits per heavy atom. The summed E-state index contributed by atoms with van der Waals surface area (Å²) in [5.41, 5.74) is 7.46. The normalized spacial score (nSPS) is 10.6. The Bertz CT molecular complexity index is 1340. The molecule has 4 rings (SSSR count). The summed E-state index contributed by atoms with van der Waals surface area (Å²) in [6.07, 6.45) is 3.12. The second kappa shape index (κ2) is 10.2. The molecule has 0 saturated carbocycles. The van der Waals surface area contributed by atoms with Gasteiger partial charge in [-0.15, -0.1) is 0 Å². The Kier molecular flexibility index (Phi) is 6.73. The van der Waals surface area contributed by atoms with Gasteiger partial charge in [0.2, 0.25) is 11.9 Å². The van der Waals surface area contributed by atoms with Gasteiger partial charge < -0.3 is 21.7 Å². The van der Waals surface area contributed by atoms with Crippen molar-refractivity contribution in [1.82, 2.24) is 30.4 Å². The highest BCUT2D eigenvalue weighted by Gasteiger charge is 2.11. The number of nitrogen functional groups attached to an aromatic ring is 1. The fourth-order valence-corrected chi connectivity index (χ4v) is 3.20. The number of hydrogen-bond donors (Lipinski definition) is 4. The van der Waals surface area contributed by atoms with Crippen LogP contribution in [0.2, 0.25) is 0 Å². The van der Waals surface area contributed by atoms with E-state index in [2.05, 4.69) is 31.0 Å². The van der Waals surface area contributed by atoms with Gasteiger partial charge in [-0.25, -0.2) is 9.97 Å². The molecule has 11 heteroatoms. The van der Waals surface area contributed by atoms with E-state index in [0.29, 0.717) is 29.9 Å². The zero-order valence-electron chi connectivity index (χ0n) is 18.1. The number of rotatable bonds is 8. The molecule has 0 fully saturated rings. The van der Waals surface area contributed by atoms with Crippen molar-refractivity contribution >= 4 is 40.3 Å². The van der Waals surface area contributed by atoms with Gasteiger partial charge in [-0.1, -0.05) is 18.2 Å². The first-order valence-corrected chi connectivity index (χ1v) is 10.4. The second-order valence-electron chi connectivity index (χ2n) is 7.33. The number of aromatic nitrogens is 4. The summed E-state index contributed by atoms with van der Waals surface area (Å²) in [6, 6.07) is 15.5. The molecular weight excluding hydrogens is 436 g/mol. The third-order valence-corrected chi connectivity index (χ3v) is 4.79. The maximum Gasteiger partial charge on any atom is 0.274 e. The van der Waals surface area contributed by atoms with Crippen molar-refractivity contribution in [3.05, 3.63) is 78.2 Å². The molecule has 0 aliphatic heterocycles. The number of carbonyl (C=O) groups is 3. The van der Waals surface area contributed by atoms with Crippen molar-refractivity contribution in [2.75, 3.05) is 24.1 Å². The summed E-state index contributed by atoms with van der Waals surface area (Å²) in [5.74, 6) is -0.836. The van der Waals surface area contributed by atoms with Crippen LogP contribution < -0.4 is 21.7 Å². The summed E-state index contributed by atoms with van der Waals surface area (Å²) in [4.78, 5) is 44.2. The topological polar surface area (TPSA) is 157 Å². The molecule has 0 aliphatic carbocycles. The van der Waals surface area contributed by atoms with Crippen LogP contribution in [-0.2, 0) is 11.3 Å². The fraction of sp³-hybridized carbons (Fsp3) is 0.130. The molecule has 0 unspecified atom stereocenters. The lowest BCUT2D eigenvalue weighted by Crippen LogP contribution is -2.36. The molecule has 34 heavy (non-hydrogen) atoms. The van der Waals surface area contributed by atoms with Crippen molar-refractivity contribution in [3.8, 4) is 0 Å². The monoisotopic (exact) mass is 458 g/mol. The summed E-state index contributed by atoms with van der Waals surface area (Å²) in [5, 5.41) is 13.4. The third-order valence-electron chi connectivity index (χ3n) is 4.79. The minimum atomic E-state index is -0.417. The van der Waals surface area contributed by atoms with Gasteiger partial charge in [0.25, 0.3) is 11.8 Å². The smallest absolute Gasteiger partial charge is 0.274 e. The van der Waals surface area contributed by atoms with E-state index in [0.717, 1.165) is 5.39 Å². The Hall–Kier alpha value is -4.80. The van der Waals surface area contributed by atoms with Crippen molar-refractivity contribution in [1.29, 1.82) is 0 Å². The number of benzene rings is 2. The van der Waals surface area contributed by atoms with Crippen molar-refractivity contribution in [2.45, 2.75) is 6.54 Å². The predicted molar refractivity (Wildman–Crippen MR) is 126 cm³/mol. The van der Waals surface area contributed by atoms with E-state index in [4.69, 9.17) is 5.73 Å². The average molecular weight is 458 g/mol. The summed E-state index contributed by atoms with van der Waals surface area (Å²) in [6.45, 7) is 0.618. The first-order valence-electron chi connectivity index (χ1n) is 10.4. The van der Waals surface area contributed by atoms with Gasteiger partial charge in [0.1, 0.15) is 12.2 Å². The molecule has 0 radical (unpaired) electrons. The Morgan fingerprint density at radius 3 is 2.53 bits per heavy atom. The molecule has 2 heterocycles. The number of hydrogen-bond acceptors (Lipinski definition) is 7. The number of fused-ring (bicyclic) bond motifs is 1. The molecule has 0 spiro atoms. The zero-order chi connectivity index (χ0) is 23.9. The van der Waals surface area contributed by atoms with Crippen LogP contribution >= 0.6 is 0 Å². The Labute approximate surface area is 194 Å². The zero-order valence-corrected chi connectivity index (χ0v) is 18.1. The van der Waals surface area contributed by atoms with Crippen LogP contribution in [-0.4, -0.2) is 50.6 Å². The van der Waals surface area contributed by atoms with E-state index >= 15 is 0 Å². The molecule has 172 valence electrons. The molecule has 0 aliphatic rings. The second-order valence-corrected chi connectivity index (χ2v) is 7.33. The number of amides is 3. The van der Waals surface area contributed by atoms with Gasteiger partial charge in [0.15, 0.2) is 0 Å². The lowest BCUT2D eigenvalue weighted by atomic mass is 10.2. The predicted octanol–water partition coefficient (Wildman–Crippen LogP) is 1.21. The molecule has 11 nitrogen and oxygen atoms in total. The number of nitrogens with zero attached hydrogens (tertiary/aromatic N) is 4. The Morgan fingerprint density at radius 1 is 0.941 bits per heavy atom. The molecule has 0 saturated heterocycles. The van der Waals surface area contributed by atoms with Crippen LogP contribution in [0.4, 0.5) is 11.6 Å². The first kappa shape index (κ1) is 22.4. The van der Waals surface area contributed by atoms with E-state index < -0.39 is 5.91 Å². The largest absolute Gasteiger partial charge is 0.368 e. The van der Waals surface area contributed by atoms with Crippen LogP contribution in [0.1, 0.15) is 20.8 Å². The molecule has 5 N–H and O–H groups in total. The quantitative estimate of drug-likeness (QED) is 0.289. The summed E-state index contributed by atoms with van der Waals surface area (Å²) < 4.78 is 1.51. The van der Waals surface area contributed by atoms with Crippen LogP contribution in [0.15, 0.2) is 67.0 Å². The summed E-state index contributed by atoms with van der Waals surface area (Å²) in [7, 11) is 0. The lowest BCUT2D eigenvalue weighted by molar-refractivity contribution is -0.121. The number of nitrogens with two attached hydrogens (primary N) is 1. The van der Waals surface area contributed by atoms with E-state index in [9.17, 15) is 14.4 Å². The summed E-state index contributed by atoms with van der Waals surface area (Å²) >= 11 is 0. The molecule has 2 aromatic carbocycles. The van der Waals surface area contributed by atoms with Crippen LogP contribution in [0.5, 0.6) is 0 Å². The minimum absolute atomic E-state index is 0.0150. The molecule has 3 amide bonds. The van der Waals surface area contributed by atoms with Crippen molar-refractivity contribution in [3.63, 3.8) is 0 Å². The van der Waals surface area contributed by atoms with Gasteiger partial charge in [-0.05, 0) is 36.4 Å². The number of nitrogens with one attached hydrogen (secondary N) is 3. The van der Waals surface area contributed by atoms with Crippen molar-refractivity contribution < 1.29 is 14.4 Å². The van der Waals surface area contributed by atoms with E-state index in [-0.39, 0.29) is 30.0 Å². The van der Waals surface area contributed by atoms with Crippen LogP contribution in [0.3, 0.4) is 0 Å². The van der Waals surface area contributed by atoms with Crippen LogP contribution in [0, 0.1) is 0 Å². The van der Waals surface area contributed by atoms with Gasteiger partial charge in [0.05, 0.1) is 5.52 Å². The molecular formula is C23H22N8O3.